The zero-order valence-electron chi connectivity index (χ0n) is 8.91. The third kappa shape index (κ3) is 1.92. The molecular weight excluding hydrogens is 176 g/mol. The summed E-state index contributed by atoms with van der Waals surface area (Å²) in [5.41, 5.74) is 5.76. The van der Waals surface area contributed by atoms with E-state index in [-0.39, 0.29) is 11.9 Å². The topological polar surface area (TPSA) is 46.3 Å². The molecule has 1 amide bonds. The van der Waals surface area contributed by atoms with Crippen molar-refractivity contribution in [1.82, 2.24) is 4.90 Å². The van der Waals surface area contributed by atoms with Gasteiger partial charge < -0.3 is 10.6 Å². The van der Waals surface area contributed by atoms with Crippen LogP contribution in [0.2, 0.25) is 0 Å². The van der Waals surface area contributed by atoms with E-state index in [0.717, 1.165) is 24.9 Å². The molecule has 0 aromatic heterocycles. The maximum absolute atomic E-state index is 11.5. The first kappa shape index (κ1) is 9.97. The Balaban J connectivity index is 1.88. The van der Waals surface area contributed by atoms with Gasteiger partial charge in [-0.2, -0.15) is 0 Å². The Kier molecular flexibility index (Phi) is 2.77. The zero-order chi connectivity index (χ0) is 10.1. The van der Waals surface area contributed by atoms with Crippen molar-refractivity contribution in [2.45, 2.75) is 38.6 Å². The number of likely N-dealkylation sites (tertiary alicyclic amines) is 1. The number of amides is 1. The minimum Gasteiger partial charge on any atom is -0.341 e. The van der Waals surface area contributed by atoms with E-state index in [2.05, 4.69) is 6.92 Å². The Labute approximate surface area is 85.6 Å². The smallest absolute Gasteiger partial charge is 0.224 e. The molecule has 3 nitrogen and oxygen atoms in total. The number of carbonyl (C=O) groups is 1. The van der Waals surface area contributed by atoms with Gasteiger partial charge in [0.1, 0.15) is 0 Å². The van der Waals surface area contributed by atoms with Gasteiger partial charge in [0.05, 0.1) is 0 Å². The Bertz CT molecular complexity index is 229. The molecular formula is C11H20N2O. The van der Waals surface area contributed by atoms with Gasteiger partial charge in [-0.05, 0) is 18.3 Å². The summed E-state index contributed by atoms with van der Waals surface area (Å²) in [5, 5.41) is 0. The third-order valence-electron chi connectivity index (χ3n) is 3.74. The molecule has 2 fully saturated rings. The number of nitrogens with two attached hydrogens (primary N) is 1. The summed E-state index contributed by atoms with van der Waals surface area (Å²) >= 11 is 0. The van der Waals surface area contributed by atoms with Gasteiger partial charge in [0.2, 0.25) is 5.91 Å². The fourth-order valence-corrected chi connectivity index (χ4v) is 2.76. The van der Waals surface area contributed by atoms with Crippen molar-refractivity contribution in [3.05, 3.63) is 0 Å². The second-order valence-corrected chi connectivity index (χ2v) is 4.93. The number of hydrogen-bond acceptors (Lipinski definition) is 2. The van der Waals surface area contributed by atoms with Crippen LogP contribution in [0.25, 0.3) is 0 Å². The van der Waals surface area contributed by atoms with E-state index in [4.69, 9.17) is 5.73 Å². The molecule has 1 aliphatic heterocycles. The zero-order valence-corrected chi connectivity index (χ0v) is 8.91. The monoisotopic (exact) mass is 196 g/mol. The molecule has 0 aromatic carbocycles. The van der Waals surface area contributed by atoms with E-state index in [9.17, 15) is 4.79 Å². The fourth-order valence-electron chi connectivity index (χ4n) is 2.76. The standard InChI is InChI=1S/C11H20N2O/c1-8-3-2-4-9(8)6-13-7-10(12)5-11(13)14/h8-10H,2-7,12H2,1H3. The van der Waals surface area contributed by atoms with Gasteiger partial charge in [0.15, 0.2) is 0 Å². The van der Waals surface area contributed by atoms with Crippen molar-refractivity contribution in [2.75, 3.05) is 13.1 Å². The molecule has 2 N–H and O–H groups in total. The lowest BCUT2D eigenvalue weighted by Crippen LogP contribution is -2.33. The molecule has 3 heteroatoms. The van der Waals surface area contributed by atoms with Crippen LogP contribution in [0, 0.1) is 11.8 Å². The molecule has 1 saturated carbocycles. The van der Waals surface area contributed by atoms with Crippen LogP contribution in [0.1, 0.15) is 32.6 Å². The SMILES string of the molecule is CC1CCCC1CN1CC(N)CC1=O. The molecule has 1 heterocycles. The van der Waals surface area contributed by atoms with Crippen molar-refractivity contribution in [3.8, 4) is 0 Å². The summed E-state index contributed by atoms with van der Waals surface area (Å²) in [6, 6.07) is 0.0826. The molecule has 0 radical (unpaired) electrons. The quantitative estimate of drug-likeness (QED) is 0.715. The molecule has 2 aliphatic rings. The number of hydrogen-bond donors (Lipinski definition) is 1. The normalized spacial score (nSPS) is 38.3. The van der Waals surface area contributed by atoms with Gasteiger partial charge in [-0.25, -0.2) is 0 Å². The number of carbonyl (C=O) groups excluding carboxylic acids is 1. The van der Waals surface area contributed by atoms with Crippen molar-refractivity contribution >= 4 is 5.91 Å². The van der Waals surface area contributed by atoms with E-state index in [0.29, 0.717) is 6.42 Å². The Morgan fingerprint density at radius 3 is 2.79 bits per heavy atom. The first-order valence-electron chi connectivity index (χ1n) is 5.70. The van der Waals surface area contributed by atoms with E-state index in [1.165, 1.54) is 19.3 Å². The average molecular weight is 196 g/mol. The number of rotatable bonds is 2. The van der Waals surface area contributed by atoms with Gasteiger partial charge in [0, 0.05) is 25.6 Å². The second kappa shape index (κ2) is 3.89. The first-order chi connectivity index (χ1) is 6.66. The average Bonchev–Trinajstić information content (AvgIpc) is 2.62. The summed E-state index contributed by atoms with van der Waals surface area (Å²) in [6.45, 7) is 4.04. The van der Waals surface area contributed by atoms with Gasteiger partial charge in [-0.1, -0.05) is 19.8 Å². The number of nitrogens with zero attached hydrogens (tertiary/aromatic N) is 1. The van der Waals surface area contributed by atoms with Crippen molar-refractivity contribution in [3.63, 3.8) is 0 Å². The van der Waals surface area contributed by atoms with Crippen molar-refractivity contribution in [1.29, 1.82) is 0 Å². The predicted octanol–water partition coefficient (Wildman–Crippen LogP) is 0.982. The van der Waals surface area contributed by atoms with Crippen LogP contribution in [0.15, 0.2) is 0 Å². The van der Waals surface area contributed by atoms with E-state index in [1.807, 2.05) is 4.90 Å². The van der Waals surface area contributed by atoms with Crippen LogP contribution in [-0.4, -0.2) is 29.9 Å². The van der Waals surface area contributed by atoms with Crippen LogP contribution in [0.4, 0.5) is 0 Å². The summed E-state index contributed by atoms with van der Waals surface area (Å²) in [6.07, 6.45) is 4.51. The van der Waals surface area contributed by atoms with Gasteiger partial charge in [-0.15, -0.1) is 0 Å². The van der Waals surface area contributed by atoms with E-state index >= 15 is 0 Å². The molecule has 2 rings (SSSR count). The highest BCUT2D eigenvalue weighted by molar-refractivity contribution is 5.79. The molecule has 14 heavy (non-hydrogen) atoms. The lowest BCUT2D eigenvalue weighted by molar-refractivity contribution is -0.128. The van der Waals surface area contributed by atoms with Crippen LogP contribution < -0.4 is 5.73 Å². The van der Waals surface area contributed by atoms with Crippen LogP contribution >= 0.6 is 0 Å². The van der Waals surface area contributed by atoms with Crippen molar-refractivity contribution in [2.24, 2.45) is 17.6 Å². The van der Waals surface area contributed by atoms with Gasteiger partial charge in [-0.3, -0.25) is 4.79 Å². The second-order valence-electron chi connectivity index (χ2n) is 4.93. The Morgan fingerprint density at radius 2 is 2.29 bits per heavy atom. The lowest BCUT2D eigenvalue weighted by Gasteiger charge is -2.23. The van der Waals surface area contributed by atoms with Crippen LogP contribution in [-0.2, 0) is 4.79 Å². The summed E-state index contributed by atoms with van der Waals surface area (Å²) in [4.78, 5) is 13.5. The highest BCUT2D eigenvalue weighted by Gasteiger charge is 2.31. The molecule has 3 atom stereocenters. The van der Waals surface area contributed by atoms with Gasteiger partial charge >= 0.3 is 0 Å². The molecule has 1 saturated heterocycles. The van der Waals surface area contributed by atoms with Gasteiger partial charge in [0.25, 0.3) is 0 Å². The van der Waals surface area contributed by atoms with Crippen LogP contribution in [0.3, 0.4) is 0 Å². The molecule has 3 unspecified atom stereocenters. The summed E-state index contributed by atoms with van der Waals surface area (Å²) in [5.74, 6) is 1.78. The highest BCUT2D eigenvalue weighted by Crippen LogP contribution is 2.32. The summed E-state index contributed by atoms with van der Waals surface area (Å²) < 4.78 is 0. The molecule has 80 valence electrons. The maximum Gasteiger partial charge on any atom is 0.224 e. The van der Waals surface area contributed by atoms with E-state index in [1.54, 1.807) is 0 Å². The molecule has 0 spiro atoms. The minimum absolute atomic E-state index is 0.0826. The first-order valence-corrected chi connectivity index (χ1v) is 5.70. The third-order valence-corrected chi connectivity index (χ3v) is 3.74. The Hall–Kier alpha value is -0.570. The predicted molar refractivity (Wildman–Crippen MR) is 55.7 cm³/mol. The minimum atomic E-state index is 0.0826. The highest BCUT2D eigenvalue weighted by atomic mass is 16.2. The molecule has 0 bridgehead atoms. The van der Waals surface area contributed by atoms with Crippen molar-refractivity contribution < 1.29 is 4.79 Å². The summed E-state index contributed by atoms with van der Waals surface area (Å²) in [7, 11) is 0. The van der Waals surface area contributed by atoms with E-state index < -0.39 is 0 Å². The molecule has 1 aliphatic carbocycles. The fraction of sp³-hybridized carbons (Fsp3) is 0.909. The largest absolute Gasteiger partial charge is 0.341 e. The lowest BCUT2D eigenvalue weighted by atomic mass is 9.98. The Morgan fingerprint density at radius 1 is 1.50 bits per heavy atom. The van der Waals surface area contributed by atoms with Crippen LogP contribution in [0.5, 0.6) is 0 Å². The maximum atomic E-state index is 11.5. The molecule has 0 aromatic rings.